The smallest absolute Gasteiger partial charge is 0.249 e. The Morgan fingerprint density at radius 2 is 1.84 bits per heavy atom. The molecule has 162 valence electrons. The zero-order valence-corrected chi connectivity index (χ0v) is 18.6. The van der Waals surface area contributed by atoms with Crippen LogP contribution < -0.4 is 10.2 Å². The molecule has 0 atom stereocenters. The van der Waals surface area contributed by atoms with Crippen LogP contribution in [0.3, 0.4) is 0 Å². The van der Waals surface area contributed by atoms with E-state index in [0.717, 1.165) is 25.2 Å². The van der Waals surface area contributed by atoms with Crippen LogP contribution in [0.4, 0.5) is 5.69 Å². The highest BCUT2D eigenvalue weighted by Gasteiger charge is 2.27. The highest BCUT2D eigenvalue weighted by molar-refractivity contribution is 6.37. The summed E-state index contributed by atoms with van der Waals surface area (Å²) in [4.78, 5) is 33.9. The molecule has 6 nitrogen and oxygen atoms in total. The van der Waals surface area contributed by atoms with E-state index >= 15 is 0 Å². The summed E-state index contributed by atoms with van der Waals surface area (Å²) < 4.78 is 0. The average molecular weight is 459 g/mol. The van der Waals surface area contributed by atoms with Gasteiger partial charge in [-0.3, -0.25) is 14.6 Å². The highest BCUT2D eigenvalue weighted by atomic mass is 35.5. The second kappa shape index (κ2) is 9.81. The number of hydrogen-bond donors (Lipinski definition) is 1. The number of hydrogen-bond acceptors (Lipinski definition) is 4. The fourth-order valence-corrected chi connectivity index (χ4v) is 4.40. The van der Waals surface area contributed by atoms with E-state index in [-0.39, 0.29) is 24.9 Å². The van der Waals surface area contributed by atoms with E-state index in [1.54, 1.807) is 24.3 Å². The lowest BCUT2D eigenvalue weighted by molar-refractivity contribution is -0.123. The average Bonchev–Trinajstić information content (AvgIpc) is 3.23. The largest absolute Gasteiger partial charge is 0.353 e. The number of likely N-dealkylation sites (tertiary alicyclic amines) is 1. The molecule has 0 unspecified atom stereocenters. The van der Waals surface area contributed by atoms with Crippen LogP contribution in [-0.4, -0.2) is 61.7 Å². The normalized spacial score (nSPS) is 16.6. The van der Waals surface area contributed by atoms with Crippen molar-refractivity contribution in [3.63, 3.8) is 0 Å². The van der Waals surface area contributed by atoms with Gasteiger partial charge in [0.05, 0.1) is 11.4 Å². The number of anilines is 1. The first kappa shape index (κ1) is 21.8. The van der Waals surface area contributed by atoms with Crippen molar-refractivity contribution in [2.45, 2.75) is 12.8 Å². The van der Waals surface area contributed by atoms with Crippen molar-refractivity contribution in [2.75, 3.05) is 44.2 Å². The molecule has 8 heteroatoms. The first-order chi connectivity index (χ1) is 15.0. The predicted octanol–water partition coefficient (Wildman–Crippen LogP) is 3.39. The summed E-state index contributed by atoms with van der Waals surface area (Å²) >= 11 is 12.7. The Kier molecular flexibility index (Phi) is 6.90. The van der Waals surface area contributed by atoms with Gasteiger partial charge in [0, 0.05) is 34.3 Å². The number of halogens is 2. The second-order valence-electron chi connectivity index (χ2n) is 7.68. The molecule has 2 amide bonds. The Morgan fingerprint density at radius 3 is 2.61 bits per heavy atom. The number of nitrogens with one attached hydrogen (secondary N) is 1. The lowest BCUT2D eigenvalue weighted by Crippen LogP contribution is -2.43. The van der Waals surface area contributed by atoms with Crippen molar-refractivity contribution < 1.29 is 9.59 Å². The zero-order chi connectivity index (χ0) is 21.8. The Bertz CT molecular complexity index is 1020. The number of benzene rings is 2. The van der Waals surface area contributed by atoms with Gasteiger partial charge >= 0.3 is 0 Å². The first-order valence-electron chi connectivity index (χ1n) is 10.4. The van der Waals surface area contributed by atoms with E-state index in [2.05, 4.69) is 15.2 Å². The van der Waals surface area contributed by atoms with Gasteiger partial charge in [-0.25, -0.2) is 0 Å². The van der Waals surface area contributed by atoms with E-state index in [1.165, 1.54) is 17.7 Å². The summed E-state index contributed by atoms with van der Waals surface area (Å²) in [7, 11) is 0. The van der Waals surface area contributed by atoms with Gasteiger partial charge in [-0.1, -0.05) is 41.4 Å². The summed E-state index contributed by atoms with van der Waals surface area (Å²) in [5.41, 5.74) is 2.59. The molecule has 2 heterocycles. The molecule has 0 spiro atoms. The van der Waals surface area contributed by atoms with Crippen LogP contribution in [0.25, 0.3) is 0 Å². The minimum Gasteiger partial charge on any atom is -0.353 e. The van der Waals surface area contributed by atoms with Crippen LogP contribution in [0.15, 0.2) is 47.5 Å². The SMILES string of the molecule is O=C(CN1C(=O)CN=C(c2ccccc2Cl)c2cc(Cl)ccc21)NCCN1CCCC1. The fourth-order valence-electron chi connectivity index (χ4n) is 4.00. The van der Waals surface area contributed by atoms with Crippen LogP contribution in [0.2, 0.25) is 10.0 Å². The number of nitrogens with zero attached hydrogens (tertiary/aromatic N) is 3. The third-order valence-corrected chi connectivity index (χ3v) is 6.12. The van der Waals surface area contributed by atoms with Crippen LogP contribution in [0.1, 0.15) is 24.0 Å². The molecule has 0 aliphatic carbocycles. The quantitative estimate of drug-likeness (QED) is 0.721. The Labute approximate surface area is 191 Å². The summed E-state index contributed by atoms with van der Waals surface area (Å²) in [6, 6.07) is 12.6. The lowest BCUT2D eigenvalue weighted by atomic mass is 10.00. The van der Waals surface area contributed by atoms with Crippen LogP contribution >= 0.6 is 23.2 Å². The minimum absolute atomic E-state index is 0.0706. The van der Waals surface area contributed by atoms with Gasteiger partial charge in [-0.15, -0.1) is 0 Å². The van der Waals surface area contributed by atoms with Gasteiger partial charge in [0.2, 0.25) is 11.8 Å². The van der Waals surface area contributed by atoms with Gasteiger partial charge in [-0.05, 0) is 50.2 Å². The summed E-state index contributed by atoms with van der Waals surface area (Å²) in [5, 5.41) is 3.98. The Morgan fingerprint density at radius 1 is 1.06 bits per heavy atom. The number of fused-ring (bicyclic) bond motifs is 1. The number of carbonyl (C=O) groups is 2. The molecule has 0 aromatic heterocycles. The van der Waals surface area contributed by atoms with E-state index in [1.807, 2.05) is 18.2 Å². The van der Waals surface area contributed by atoms with Gasteiger partial charge in [0.1, 0.15) is 13.1 Å². The molecular formula is C23H24Cl2N4O2. The summed E-state index contributed by atoms with van der Waals surface area (Å²) in [6.07, 6.45) is 2.42. The standard InChI is InChI=1S/C23H24Cl2N4O2/c24-16-7-8-20-18(13-16)23(17-5-1-2-6-19(17)25)27-14-22(31)29(20)15-21(30)26-9-12-28-10-3-4-11-28/h1-2,5-8,13H,3-4,9-12,14-15H2,(H,26,30). The third-order valence-electron chi connectivity index (χ3n) is 5.56. The lowest BCUT2D eigenvalue weighted by Gasteiger charge is -2.23. The van der Waals surface area contributed by atoms with Gasteiger partial charge in [-0.2, -0.15) is 0 Å². The van der Waals surface area contributed by atoms with Crippen molar-refractivity contribution >= 4 is 46.4 Å². The Hall–Kier alpha value is -2.41. The van der Waals surface area contributed by atoms with Crippen LogP contribution in [0.5, 0.6) is 0 Å². The molecule has 1 N–H and O–H groups in total. The molecule has 1 saturated heterocycles. The predicted molar refractivity (Wildman–Crippen MR) is 124 cm³/mol. The topological polar surface area (TPSA) is 65.0 Å². The van der Waals surface area contributed by atoms with Crippen molar-refractivity contribution in [1.29, 1.82) is 0 Å². The van der Waals surface area contributed by atoms with Crippen LogP contribution in [-0.2, 0) is 9.59 Å². The third kappa shape index (κ3) is 5.09. The molecule has 2 aliphatic rings. The minimum atomic E-state index is -0.250. The molecule has 4 rings (SSSR count). The van der Waals surface area contributed by atoms with Crippen LogP contribution in [0, 0.1) is 0 Å². The van der Waals surface area contributed by atoms with Gasteiger partial charge in [0.15, 0.2) is 0 Å². The maximum absolute atomic E-state index is 12.9. The van der Waals surface area contributed by atoms with E-state index in [0.29, 0.717) is 33.6 Å². The maximum Gasteiger partial charge on any atom is 0.249 e. The first-order valence-corrected chi connectivity index (χ1v) is 11.2. The molecule has 2 aliphatic heterocycles. The highest BCUT2D eigenvalue weighted by Crippen LogP contribution is 2.31. The molecule has 0 radical (unpaired) electrons. The zero-order valence-electron chi connectivity index (χ0n) is 17.1. The van der Waals surface area contributed by atoms with E-state index < -0.39 is 0 Å². The second-order valence-corrected chi connectivity index (χ2v) is 8.53. The molecular weight excluding hydrogens is 435 g/mol. The molecule has 0 saturated carbocycles. The molecule has 31 heavy (non-hydrogen) atoms. The summed E-state index contributed by atoms with van der Waals surface area (Å²) in [5.74, 6) is -0.449. The van der Waals surface area contributed by atoms with Gasteiger partial charge < -0.3 is 15.1 Å². The Balaban J connectivity index is 1.56. The maximum atomic E-state index is 12.9. The molecule has 2 aromatic carbocycles. The van der Waals surface area contributed by atoms with Crippen molar-refractivity contribution in [1.82, 2.24) is 10.2 Å². The number of rotatable bonds is 6. The number of aliphatic imine (C=N–C) groups is 1. The number of amides is 2. The summed E-state index contributed by atoms with van der Waals surface area (Å²) in [6.45, 7) is 3.40. The van der Waals surface area contributed by atoms with Crippen molar-refractivity contribution in [3.05, 3.63) is 63.6 Å². The molecule has 0 bridgehead atoms. The van der Waals surface area contributed by atoms with Gasteiger partial charge in [0.25, 0.3) is 0 Å². The van der Waals surface area contributed by atoms with E-state index in [9.17, 15) is 9.59 Å². The number of carbonyl (C=O) groups excluding carboxylic acids is 2. The monoisotopic (exact) mass is 458 g/mol. The van der Waals surface area contributed by atoms with E-state index in [4.69, 9.17) is 23.2 Å². The van der Waals surface area contributed by atoms with Crippen molar-refractivity contribution in [2.24, 2.45) is 4.99 Å². The number of benzodiazepines with no additional fused rings is 1. The van der Waals surface area contributed by atoms with Crippen molar-refractivity contribution in [3.8, 4) is 0 Å². The fraction of sp³-hybridized carbons (Fsp3) is 0.348. The molecule has 1 fully saturated rings. The molecule has 2 aromatic rings.